The number of anilines is 1. The first kappa shape index (κ1) is 18.3. The summed E-state index contributed by atoms with van der Waals surface area (Å²) >= 11 is 6.77. The minimum absolute atomic E-state index is 0.0116. The highest BCUT2D eigenvalue weighted by molar-refractivity contribution is 7.93. The number of halogens is 1. The largest absolute Gasteiger partial charge is 0.476 e. The average Bonchev–Trinajstić information content (AvgIpc) is 2.96. The minimum Gasteiger partial charge on any atom is -0.476 e. The van der Waals surface area contributed by atoms with Crippen LogP contribution in [0, 0.1) is 0 Å². The molecule has 128 valence electrons. The predicted octanol–water partition coefficient (Wildman–Crippen LogP) is 0.761. The molecule has 0 amide bonds. The number of Topliss-reactive ketones (excluding diaryl/α,β-unsaturated/α-hetero) is 1. The van der Waals surface area contributed by atoms with Gasteiger partial charge in [0.05, 0.1) is 29.2 Å². The van der Waals surface area contributed by atoms with Gasteiger partial charge in [-0.3, -0.25) is 14.5 Å². The molecule has 0 aromatic carbocycles. The van der Waals surface area contributed by atoms with E-state index in [1.807, 2.05) is 0 Å². The van der Waals surface area contributed by atoms with E-state index in [1.165, 1.54) is 5.51 Å². The van der Waals surface area contributed by atoms with Crippen LogP contribution in [0.2, 0.25) is 5.02 Å². The van der Waals surface area contributed by atoms with Gasteiger partial charge in [-0.05, 0) is 6.07 Å². The lowest BCUT2D eigenvalue weighted by atomic mass is 10.2. The summed E-state index contributed by atoms with van der Waals surface area (Å²) < 4.78 is 26.7. The van der Waals surface area contributed by atoms with Crippen LogP contribution in [0.5, 0.6) is 0 Å². The summed E-state index contributed by atoms with van der Waals surface area (Å²) in [6, 6.07) is 1.12. The van der Waals surface area contributed by atoms with Gasteiger partial charge in [0.1, 0.15) is 9.90 Å². The van der Waals surface area contributed by atoms with Gasteiger partial charge in [-0.2, -0.15) is 0 Å². The van der Waals surface area contributed by atoms with Gasteiger partial charge in [0.15, 0.2) is 11.5 Å². The number of ketones is 1. The molecule has 9 nitrogen and oxygen atoms in total. The molecule has 0 radical (unpaired) electrons. The fourth-order valence-corrected chi connectivity index (χ4v) is 3.89. The van der Waals surface area contributed by atoms with Gasteiger partial charge in [-0.1, -0.05) is 11.6 Å². The number of hydrogen-bond acceptors (Lipinski definition) is 8. The summed E-state index contributed by atoms with van der Waals surface area (Å²) in [7, 11) is -4.11. The third-order valence-electron chi connectivity index (χ3n) is 2.79. The highest BCUT2D eigenvalue weighted by Crippen LogP contribution is 2.25. The zero-order valence-electron chi connectivity index (χ0n) is 11.9. The fraction of sp³-hybridized carbons (Fsp3) is 0.167. The highest BCUT2D eigenvalue weighted by Gasteiger charge is 2.22. The van der Waals surface area contributed by atoms with Crippen molar-refractivity contribution in [2.45, 2.75) is 11.3 Å². The van der Waals surface area contributed by atoms with E-state index in [0.29, 0.717) is 0 Å². The van der Waals surface area contributed by atoms with E-state index in [1.54, 1.807) is 0 Å². The van der Waals surface area contributed by atoms with Crippen molar-refractivity contribution < 1.29 is 23.1 Å². The maximum Gasteiger partial charge on any atom is 0.357 e. The van der Waals surface area contributed by atoms with Crippen molar-refractivity contribution in [1.29, 1.82) is 0 Å². The van der Waals surface area contributed by atoms with Crippen LogP contribution in [-0.2, 0) is 21.2 Å². The normalized spacial score (nSPS) is 11.2. The van der Waals surface area contributed by atoms with Crippen molar-refractivity contribution in [2.24, 2.45) is 5.73 Å². The molecule has 24 heavy (non-hydrogen) atoms. The molecule has 0 atom stereocenters. The molecule has 0 saturated heterocycles. The maximum absolute atomic E-state index is 12.3. The molecule has 0 saturated carbocycles. The monoisotopic (exact) mass is 390 g/mol. The zero-order valence-corrected chi connectivity index (χ0v) is 14.3. The lowest BCUT2D eigenvalue weighted by Gasteiger charge is -2.08. The van der Waals surface area contributed by atoms with Crippen molar-refractivity contribution in [3.05, 3.63) is 34.2 Å². The summed E-state index contributed by atoms with van der Waals surface area (Å²) in [5.74, 6) is -1.66. The molecular formula is C12H11ClN4O5S2. The van der Waals surface area contributed by atoms with Crippen molar-refractivity contribution in [3.63, 3.8) is 0 Å². The Hall–Kier alpha value is -2.08. The van der Waals surface area contributed by atoms with Crippen LogP contribution < -0.4 is 10.5 Å². The summed E-state index contributed by atoms with van der Waals surface area (Å²) in [6.07, 6.45) is 0.913. The van der Waals surface area contributed by atoms with Gasteiger partial charge in [0.25, 0.3) is 10.0 Å². The number of aromatic carboxylic acids is 1. The first-order valence-electron chi connectivity index (χ1n) is 6.30. The number of carbonyl (C=O) groups is 2. The topological polar surface area (TPSA) is 152 Å². The Kier molecular flexibility index (Phi) is 5.49. The summed E-state index contributed by atoms with van der Waals surface area (Å²) in [5.41, 5.74) is 6.20. The van der Waals surface area contributed by atoms with Crippen LogP contribution in [0.25, 0.3) is 0 Å². The first-order valence-corrected chi connectivity index (χ1v) is 9.04. The Bertz CT molecular complexity index is 897. The van der Waals surface area contributed by atoms with Gasteiger partial charge >= 0.3 is 5.97 Å². The number of rotatable bonds is 7. The number of nitrogens with one attached hydrogen (secondary N) is 1. The van der Waals surface area contributed by atoms with Crippen molar-refractivity contribution >= 4 is 49.7 Å². The molecule has 0 aliphatic carbocycles. The van der Waals surface area contributed by atoms with Gasteiger partial charge < -0.3 is 10.8 Å². The Morgan fingerprint density at radius 2 is 2.08 bits per heavy atom. The van der Waals surface area contributed by atoms with Crippen LogP contribution in [0.15, 0.2) is 22.7 Å². The quantitative estimate of drug-likeness (QED) is 0.626. The average molecular weight is 391 g/mol. The number of hydrogen-bond donors (Lipinski definition) is 3. The molecule has 0 aliphatic heterocycles. The number of carboxylic acids is 1. The number of nitrogens with two attached hydrogens (primary N) is 1. The minimum atomic E-state index is -4.11. The van der Waals surface area contributed by atoms with Crippen LogP contribution >= 0.6 is 22.9 Å². The number of carboxylic acid groups (broad SMARTS) is 1. The molecule has 2 aromatic heterocycles. The lowest BCUT2D eigenvalue weighted by molar-refractivity contribution is -0.117. The highest BCUT2D eigenvalue weighted by atomic mass is 35.5. The number of sulfonamides is 1. The second-order valence-electron chi connectivity index (χ2n) is 4.46. The van der Waals surface area contributed by atoms with E-state index in [4.69, 9.17) is 22.4 Å². The molecular weight excluding hydrogens is 380 g/mol. The number of nitrogens with zero attached hydrogens (tertiary/aromatic N) is 2. The number of carbonyl (C=O) groups excluding carboxylic acids is 1. The Balaban J connectivity index is 2.29. The van der Waals surface area contributed by atoms with E-state index in [-0.39, 0.29) is 39.4 Å². The number of aromatic nitrogens is 2. The zero-order chi connectivity index (χ0) is 17.9. The molecule has 2 heterocycles. The van der Waals surface area contributed by atoms with Gasteiger partial charge in [-0.25, -0.2) is 18.2 Å². The van der Waals surface area contributed by atoms with E-state index in [9.17, 15) is 18.0 Å². The molecule has 0 unspecified atom stereocenters. The van der Waals surface area contributed by atoms with Crippen LogP contribution in [0.3, 0.4) is 0 Å². The number of thiazole rings is 1. The molecule has 4 N–H and O–H groups in total. The third kappa shape index (κ3) is 4.06. The van der Waals surface area contributed by atoms with E-state index in [0.717, 1.165) is 23.6 Å². The third-order valence-corrected chi connectivity index (χ3v) is 5.31. The Morgan fingerprint density at radius 1 is 1.38 bits per heavy atom. The van der Waals surface area contributed by atoms with Crippen molar-refractivity contribution in [3.8, 4) is 0 Å². The summed E-state index contributed by atoms with van der Waals surface area (Å²) in [6.45, 7) is -0.178. The maximum atomic E-state index is 12.3. The molecule has 12 heteroatoms. The second kappa shape index (κ2) is 7.21. The molecule has 2 aromatic rings. The lowest BCUT2D eigenvalue weighted by Crippen LogP contribution is -2.18. The molecule has 2 rings (SSSR count). The molecule has 0 fully saturated rings. The second-order valence-corrected chi connectivity index (χ2v) is 7.40. The van der Waals surface area contributed by atoms with Crippen LogP contribution in [0.1, 0.15) is 16.2 Å². The van der Waals surface area contributed by atoms with Gasteiger partial charge in [0.2, 0.25) is 0 Å². The fourth-order valence-electron chi connectivity index (χ4n) is 1.64. The summed E-state index contributed by atoms with van der Waals surface area (Å²) in [4.78, 5) is 29.4. The van der Waals surface area contributed by atoms with Crippen molar-refractivity contribution in [1.82, 2.24) is 9.97 Å². The van der Waals surface area contributed by atoms with Crippen LogP contribution in [0.4, 0.5) is 5.00 Å². The van der Waals surface area contributed by atoms with E-state index < -0.39 is 21.7 Å². The smallest absolute Gasteiger partial charge is 0.357 e. The predicted molar refractivity (Wildman–Crippen MR) is 86.9 cm³/mol. The van der Waals surface area contributed by atoms with Crippen molar-refractivity contribution in [2.75, 3.05) is 11.3 Å². The molecule has 0 aliphatic rings. The van der Waals surface area contributed by atoms with E-state index in [2.05, 4.69) is 14.7 Å². The Morgan fingerprint density at radius 3 is 2.67 bits per heavy atom. The van der Waals surface area contributed by atoms with Gasteiger partial charge in [-0.15, -0.1) is 11.3 Å². The summed E-state index contributed by atoms with van der Waals surface area (Å²) in [5, 5.41) is 8.79. The molecule has 0 bridgehead atoms. The Labute approximate surface area is 145 Å². The van der Waals surface area contributed by atoms with Crippen LogP contribution in [-0.4, -0.2) is 41.8 Å². The molecule has 0 spiro atoms. The first-order chi connectivity index (χ1) is 11.2. The number of pyridine rings is 1. The SMILES string of the molecule is NCC(=O)Cc1ncc(S(=O)(=O)Nc2scnc2C(=O)O)cc1Cl. The standard InChI is InChI=1S/C12H11ClN4O5S2/c13-8-2-7(4-15-9(8)1-6(18)3-14)24(21,22)17-11-10(12(19)20)16-5-23-11/h2,4-5,17H,1,3,14H2,(H,19,20). The van der Waals surface area contributed by atoms with Gasteiger partial charge in [0, 0.05) is 6.20 Å². The van der Waals surface area contributed by atoms with E-state index >= 15 is 0 Å².